The van der Waals surface area contributed by atoms with Crippen LogP contribution >= 0.6 is 11.6 Å². The van der Waals surface area contributed by atoms with Gasteiger partial charge in [0.15, 0.2) is 6.10 Å². The minimum absolute atomic E-state index is 0.0393. The number of fused-ring (bicyclic) bond motifs is 1. The normalized spacial score (nSPS) is 18.4. The van der Waals surface area contributed by atoms with Crippen molar-refractivity contribution in [3.8, 4) is 5.75 Å². The molecule has 0 aromatic heterocycles. The van der Waals surface area contributed by atoms with Crippen molar-refractivity contribution in [2.45, 2.75) is 36.8 Å². The zero-order chi connectivity index (χ0) is 20.8. The Morgan fingerprint density at radius 2 is 1.97 bits per heavy atom. The summed E-state index contributed by atoms with van der Waals surface area (Å²) in [6.07, 6.45) is 0.976. The standard InChI is InChI=1S/C19H18ClN3O5S/c1-10-18(24)22-15-9-13(5-7-16(15)28-10)21-19(25)11-2-6-14(20)17(8-11)29(26,27)23-12-3-4-12/h2,5-10,12,23H,3-4H2,1H3,(H,21,25)(H,22,24)/t10-/m0/s1. The number of hydrogen-bond acceptors (Lipinski definition) is 5. The van der Waals surface area contributed by atoms with Crippen molar-refractivity contribution in [3.05, 3.63) is 47.0 Å². The van der Waals surface area contributed by atoms with E-state index in [0.717, 1.165) is 12.8 Å². The van der Waals surface area contributed by atoms with Crippen LogP contribution in [0.2, 0.25) is 5.02 Å². The average Bonchev–Trinajstić information content (AvgIpc) is 3.46. The van der Waals surface area contributed by atoms with E-state index < -0.39 is 22.0 Å². The van der Waals surface area contributed by atoms with Crippen molar-refractivity contribution in [2.24, 2.45) is 0 Å². The second-order valence-electron chi connectivity index (χ2n) is 6.96. The van der Waals surface area contributed by atoms with E-state index in [2.05, 4.69) is 15.4 Å². The third kappa shape index (κ3) is 4.21. The summed E-state index contributed by atoms with van der Waals surface area (Å²) in [5.74, 6) is -0.293. The summed E-state index contributed by atoms with van der Waals surface area (Å²) in [4.78, 5) is 24.3. The molecule has 1 saturated carbocycles. The number of carbonyl (C=O) groups excluding carboxylic acids is 2. The number of sulfonamides is 1. The van der Waals surface area contributed by atoms with Crippen molar-refractivity contribution in [2.75, 3.05) is 10.6 Å². The number of carbonyl (C=O) groups is 2. The molecule has 0 saturated heterocycles. The third-order valence-corrected chi connectivity index (χ3v) is 6.55. The van der Waals surface area contributed by atoms with Gasteiger partial charge in [-0.05, 0) is 56.2 Å². The molecule has 1 aliphatic carbocycles. The van der Waals surface area contributed by atoms with Crippen LogP contribution in [-0.2, 0) is 14.8 Å². The van der Waals surface area contributed by atoms with Gasteiger partial charge in [-0.3, -0.25) is 9.59 Å². The first kappa shape index (κ1) is 19.7. The van der Waals surface area contributed by atoms with Gasteiger partial charge < -0.3 is 15.4 Å². The van der Waals surface area contributed by atoms with E-state index in [-0.39, 0.29) is 27.4 Å². The van der Waals surface area contributed by atoms with Crippen LogP contribution in [0.15, 0.2) is 41.3 Å². The Balaban J connectivity index is 1.55. The largest absolute Gasteiger partial charge is 0.479 e. The summed E-state index contributed by atoms with van der Waals surface area (Å²) >= 11 is 6.05. The number of anilines is 2. The van der Waals surface area contributed by atoms with Crippen LogP contribution in [0.5, 0.6) is 5.75 Å². The molecule has 1 heterocycles. The van der Waals surface area contributed by atoms with Gasteiger partial charge in [-0.25, -0.2) is 13.1 Å². The van der Waals surface area contributed by atoms with Gasteiger partial charge >= 0.3 is 0 Å². The van der Waals surface area contributed by atoms with Gasteiger partial charge in [-0.15, -0.1) is 0 Å². The van der Waals surface area contributed by atoms with E-state index in [4.69, 9.17) is 16.3 Å². The summed E-state index contributed by atoms with van der Waals surface area (Å²) in [5, 5.41) is 5.42. The molecule has 29 heavy (non-hydrogen) atoms. The van der Waals surface area contributed by atoms with E-state index >= 15 is 0 Å². The number of nitrogens with one attached hydrogen (secondary N) is 3. The summed E-state index contributed by atoms with van der Waals surface area (Å²) < 4.78 is 33.0. The molecular weight excluding hydrogens is 418 g/mol. The van der Waals surface area contributed by atoms with Crippen molar-refractivity contribution < 1.29 is 22.7 Å². The first-order valence-corrected chi connectivity index (χ1v) is 10.8. The lowest BCUT2D eigenvalue weighted by molar-refractivity contribution is -0.122. The van der Waals surface area contributed by atoms with Crippen molar-refractivity contribution in [1.82, 2.24) is 4.72 Å². The lowest BCUT2D eigenvalue weighted by Gasteiger charge is -2.23. The molecule has 2 aromatic rings. The van der Waals surface area contributed by atoms with Crippen molar-refractivity contribution >= 4 is 44.8 Å². The number of rotatable bonds is 5. The zero-order valence-electron chi connectivity index (χ0n) is 15.4. The fraction of sp³-hybridized carbons (Fsp3) is 0.263. The van der Waals surface area contributed by atoms with E-state index in [1.807, 2.05) is 0 Å². The Morgan fingerprint density at radius 3 is 2.69 bits per heavy atom. The fourth-order valence-corrected chi connectivity index (χ4v) is 4.66. The summed E-state index contributed by atoms with van der Waals surface area (Å²) in [6.45, 7) is 1.64. The molecule has 2 aromatic carbocycles. The van der Waals surface area contributed by atoms with Crippen LogP contribution in [0.25, 0.3) is 0 Å². The van der Waals surface area contributed by atoms with E-state index in [0.29, 0.717) is 17.1 Å². The Kier molecular flexibility index (Phi) is 4.97. The molecule has 0 spiro atoms. The quantitative estimate of drug-likeness (QED) is 0.668. The topological polar surface area (TPSA) is 114 Å². The van der Waals surface area contributed by atoms with Crippen LogP contribution in [0.4, 0.5) is 11.4 Å². The molecule has 10 heteroatoms. The second kappa shape index (κ2) is 7.33. The molecule has 8 nitrogen and oxygen atoms in total. The molecule has 2 amide bonds. The third-order valence-electron chi connectivity index (χ3n) is 4.55. The van der Waals surface area contributed by atoms with Gasteiger partial charge in [0.05, 0.1) is 10.7 Å². The molecule has 1 atom stereocenters. The highest BCUT2D eigenvalue weighted by atomic mass is 35.5. The Hall–Kier alpha value is -2.62. The number of halogens is 1. The van der Waals surface area contributed by atoms with Gasteiger partial charge in [0, 0.05) is 17.3 Å². The highest BCUT2D eigenvalue weighted by molar-refractivity contribution is 7.89. The van der Waals surface area contributed by atoms with Crippen LogP contribution in [-0.4, -0.2) is 32.4 Å². The maximum Gasteiger partial charge on any atom is 0.265 e. The number of amides is 2. The number of hydrogen-bond donors (Lipinski definition) is 3. The first-order valence-electron chi connectivity index (χ1n) is 8.98. The van der Waals surface area contributed by atoms with Gasteiger partial charge in [0.1, 0.15) is 10.6 Å². The Bertz CT molecular complexity index is 1110. The highest BCUT2D eigenvalue weighted by Crippen LogP contribution is 2.32. The van der Waals surface area contributed by atoms with Gasteiger partial charge in [-0.1, -0.05) is 11.6 Å². The Morgan fingerprint density at radius 1 is 1.21 bits per heavy atom. The lowest BCUT2D eigenvalue weighted by Crippen LogP contribution is -2.34. The molecule has 1 aliphatic heterocycles. The predicted octanol–water partition coefficient (Wildman–Crippen LogP) is 2.75. The maximum atomic E-state index is 12.6. The molecule has 3 N–H and O–H groups in total. The lowest BCUT2D eigenvalue weighted by atomic mass is 10.2. The fourth-order valence-electron chi connectivity index (χ4n) is 2.82. The predicted molar refractivity (Wildman–Crippen MR) is 108 cm³/mol. The second-order valence-corrected chi connectivity index (χ2v) is 9.04. The molecule has 1 fully saturated rings. The zero-order valence-corrected chi connectivity index (χ0v) is 16.9. The van der Waals surface area contributed by atoms with Gasteiger partial charge in [-0.2, -0.15) is 0 Å². The van der Waals surface area contributed by atoms with E-state index in [9.17, 15) is 18.0 Å². The van der Waals surface area contributed by atoms with Crippen LogP contribution in [0.3, 0.4) is 0 Å². The highest BCUT2D eigenvalue weighted by Gasteiger charge is 2.30. The van der Waals surface area contributed by atoms with E-state index in [1.165, 1.54) is 18.2 Å². The molecule has 4 rings (SSSR count). The number of ether oxygens (including phenoxy) is 1. The molecule has 0 radical (unpaired) electrons. The van der Waals surface area contributed by atoms with Crippen LogP contribution in [0.1, 0.15) is 30.1 Å². The maximum absolute atomic E-state index is 12.6. The summed E-state index contributed by atoms with van der Waals surface area (Å²) in [5.41, 5.74) is 0.999. The average molecular weight is 436 g/mol. The molecule has 2 aliphatic rings. The SMILES string of the molecule is C[C@@H]1Oc2ccc(NC(=O)c3ccc(Cl)c(S(=O)(=O)NC4CC4)c3)cc2NC1=O. The monoisotopic (exact) mass is 435 g/mol. The Labute approximate surface area is 172 Å². The molecule has 0 bridgehead atoms. The van der Waals surface area contributed by atoms with E-state index in [1.54, 1.807) is 25.1 Å². The summed E-state index contributed by atoms with van der Waals surface area (Å²) in [6, 6.07) is 8.82. The first-order chi connectivity index (χ1) is 13.7. The van der Waals surface area contributed by atoms with Gasteiger partial charge in [0.2, 0.25) is 10.0 Å². The number of benzene rings is 2. The minimum atomic E-state index is -3.81. The minimum Gasteiger partial charge on any atom is -0.479 e. The molecule has 0 unspecified atom stereocenters. The van der Waals surface area contributed by atoms with Crippen molar-refractivity contribution in [1.29, 1.82) is 0 Å². The molecule has 152 valence electrons. The summed E-state index contributed by atoms with van der Waals surface area (Å²) in [7, 11) is -3.81. The smallest absolute Gasteiger partial charge is 0.265 e. The molecular formula is C19H18ClN3O5S. The van der Waals surface area contributed by atoms with Crippen LogP contribution in [0, 0.1) is 0 Å². The van der Waals surface area contributed by atoms with Crippen LogP contribution < -0.4 is 20.1 Å². The van der Waals surface area contributed by atoms with Gasteiger partial charge in [0.25, 0.3) is 11.8 Å². The van der Waals surface area contributed by atoms with Crippen molar-refractivity contribution in [3.63, 3.8) is 0 Å².